The number of hydrogen-bond donors (Lipinski definition) is 1. The van der Waals surface area contributed by atoms with Crippen molar-refractivity contribution in [3.05, 3.63) is 81.2 Å². The number of halogens is 3. The molecule has 28 heavy (non-hydrogen) atoms. The van der Waals surface area contributed by atoms with Crippen molar-refractivity contribution in [3.63, 3.8) is 0 Å². The number of aromatic nitrogens is 1. The van der Waals surface area contributed by atoms with Gasteiger partial charge in [0.15, 0.2) is 0 Å². The van der Waals surface area contributed by atoms with Crippen LogP contribution in [0.2, 0.25) is 5.02 Å². The van der Waals surface area contributed by atoms with E-state index in [4.69, 9.17) is 20.9 Å². The van der Waals surface area contributed by atoms with E-state index in [1.165, 1.54) is 0 Å². The maximum absolute atomic E-state index is 13.8. The van der Waals surface area contributed by atoms with Crippen LogP contribution >= 0.6 is 11.6 Å². The molecule has 0 aliphatic carbocycles. The lowest BCUT2D eigenvalue weighted by Gasteiger charge is -2.09. The SMILES string of the molecule is Cc1noc(C)c1COc1ccc(C(=O)NCc2cc(F)c(Cl)cc2F)cc1. The van der Waals surface area contributed by atoms with E-state index >= 15 is 0 Å². The fraction of sp³-hybridized carbons (Fsp3) is 0.200. The van der Waals surface area contributed by atoms with Crippen molar-refractivity contribution in [1.29, 1.82) is 0 Å². The molecule has 1 heterocycles. The normalized spacial score (nSPS) is 10.8. The summed E-state index contributed by atoms with van der Waals surface area (Å²) in [7, 11) is 0. The third kappa shape index (κ3) is 4.48. The maximum atomic E-state index is 13.8. The fourth-order valence-corrected chi connectivity index (χ4v) is 2.69. The van der Waals surface area contributed by atoms with E-state index in [1.807, 2.05) is 13.8 Å². The second kappa shape index (κ2) is 8.39. The molecule has 3 aromatic rings. The molecule has 0 atom stereocenters. The number of nitrogens with zero attached hydrogens (tertiary/aromatic N) is 1. The molecule has 0 spiro atoms. The van der Waals surface area contributed by atoms with Crippen molar-refractivity contribution in [2.24, 2.45) is 0 Å². The number of hydrogen-bond acceptors (Lipinski definition) is 4. The first-order chi connectivity index (χ1) is 13.3. The van der Waals surface area contributed by atoms with Crippen LogP contribution in [-0.2, 0) is 13.2 Å². The molecule has 5 nitrogen and oxygen atoms in total. The average Bonchev–Trinajstić information content (AvgIpc) is 3.00. The van der Waals surface area contributed by atoms with Crippen molar-refractivity contribution >= 4 is 17.5 Å². The predicted octanol–water partition coefficient (Wildman–Crippen LogP) is 4.73. The number of nitrogens with one attached hydrogen (secondary N) is 1. The largest absolute Gasteiger partial charge is 0.489 e. The molecule has 0 aliphatic heterocycles. The smallest absolute Gasteiger partial charge is 0.251 e. The van der Waals surface area contributed by atoms with Gasteiger partial charge in [-0.1, -0.05) is 16.8 Å². The van der Waals surface area contributed by atoms with Gasteiger partial charge in [0.05, 0.1) is 16.3 Å². The summed E-state index contributed by atoms with van der Waals surface area (Å²) >= 11 is 5.51. The van der Waals surface area contributed by atoms with Crippen molar-refractivity contribution in [1.82, 2.24) is 10.5 Å². The number of aryl methyl sites for hydroxylation is 2. The summed E-state index contributed by atoms with van der Waals surface area (Å²) < 4.78 is 38.0. The molecule has 0 fully saturated rings. The number of ether oxygens (including phenoxy) is 1. The van der Waals surface area contributed by atoms with Crippen LogP contribution in [0.25, 0.3) is 0 Å². The highest BCUT2D eigenvalue weighted by molar-refractivity contribution is 6.30. The van der Waals surface area contributed by atoms with Gasteiger partial charge in [0.1, 0.15) is 29.8 Å². The van der Waals surface area contributed by atoms with E-state index in [9.17, 15) is 13.6 Å². The molecule has 0 saturated carbocycles. The lowest BCUT2D eigenvalue weighted by Crippen LogP contribution is -2.23. The molecule has 0 radical (unpaired) electrons. The Hall–Kier alpha value is -2.93. The highest BCUT2D eigenvalue weighted by Crippen LogP contribution is 2.20. The Balaban J connectivity index is 1.58. The van der Waals surface area contributed by atoms with E-state index in [0.717, 1.165) is 23.4 Å². The van der Waals surface area contributed by atoms with Gasteiger partial charge in [-0.2, -0.15) is 0 Å². The minimum atomic E-state index is -0.743. The Morgan fingerprint density at radius 1 is 1.18 bits per heavy atom. The van der Waals surface area contributed by atoms with E-state index in [2.05, 4.69) is 10.5 Å². The van der Waals surface area contributed by atoms with Gasteiger partial charge < -0.3 is 14.6 Å². The molecule has 0 aliphatic rings. The summed E-state index contributed by atoms with van der Waals surface area (Å²) in [5, 5.41) is 6.10. The highest BCUT2D eigenvalue weighted by Gasteiger charge is 2.12. The van der Waals surface area contributed by atoms with Crippen LogP contribution in [0.15, 0.2) is 40.9 Å². The molecule has 2 aromatic carbocycles. The van der Waals surface area contributed by atoms with Gasteiger partial charge in [0.25, 0.3) is 5.91 Å². The monoisotopic (exact) mass is 406 g/mol. The van der Waals surface area contributed by atoms with Crippen LogP contribution < -0.4 is 10.1 Å². The summed E-state index contributed by atoms with van der Waals surface area (Å²) in [6.07, 6.45) is 0. The van der Waals surface area contributed by atoms with Crippen LogP contribution in [0.3, 0.4) is 0 Å². The van der Waals surface area contributed by atoms with Gasteiger partial charge in [-0.25, -0.2) is 8.78 Å². The molecule has 8 heteroatoms. The zero-order valence-corrected chi connectivity index (χ0v) is 15.9. The summed E-state index contributed by atoms with van der Waals surface area (Å²) in [6, 6.07) is 8.30. The molecule has 146 valence electrons. The van der Waals surface area contributed by atoms with Gasteiger partial charge >= 0.3 is 0 Å². The molecule has 1 aromatic heterocycles. The fourth-order valence-electron chi connectivity index (χ4n) is 2.54. The molecule has 1 amide bonds. The van der Waals surface area contributed by atoms with Gasteiger partial charge in [0.2, 0.25) is 0 Å². The van der Waals surface area contributed by atoms with Crippen LogP contribution in [0.4, 0.5) is 8.78 Å². The van der Waals surface area contributed by atoms with Crippen LogP contribution in [0.5, 0.6) is 5.75 Å². The van der Waals surface area contributed by atoms with Crippen molar-refractivity contribution in [2.75, 3.05) is 0 Å². The summed E-state index contributed by atoms with van der Waals surface area (Å²) in [5.41, 5.74) is 2.01. The number of benzene rings is 2. The lowest BCUT2D eigenvalue weighted by atomic mass is 10.1. The van der Waals surface area contributed by atoms with E-state index < -0.39 is 17.5 Å². The maximum Gasteiger partial charge on any atom is 0.251 e. The Labute approximate surface area is 165 Å². The Morgan fingerprint density at radius 2 is 1.89 bits per heavy atom. The first-order valence-corrected chi connectivity index (χ1v) is 8.79. The third-order valence-electron chi connectivity index (χ3n) is 4.21. The minimum Gasteiger partial charge on any atom is -0.489 e. The molecule has 0 unspecified atom stereocenters. The number of carbonyl (C=O) groups excluding carboxylic acids is 1. The van der Waals surface area contributed by atoms with Crippen LogP contribution in [-0.4, -0.2) is 11.1 Å². The Bertz CT molecular complexity index is 984. The number of amides is 1. The van der Waals surface area contributed by atoms with Gasteiger partial charge in [0, 0.05) is 17.7 Å². The van der Waals surface area contributed by atoms with Gasteiger partial charge in [-0.3, -0.25) is 4.79 Å². The van der Waals surface area contributed by atoms with Gasteiger partial charge in [-0.05, 0) is 50.2 Å². The van der Waals surface area contributed by atoms with Crippen LogP contribution in [0, 0.1) is 25.5 Å². The van der Waals surface area contributed by atoms with Crippen molar-refractivity contribution in [2.45, 2.75) is 27.0 Å². The minimum absolute atomic E-state index is 0.00895. The third-order valence-corrected chi connectivity index (χ3v) is 4.50. The molecule has 1 N–H and O–H groups in total. The standard InChI is InChI=1S/C20H17ClF2N2O3/c1-11-16(12(2)28-25-11)10-27-15-5-3-13(4-6-15)20(26)24-9-14-7-19(23)17(21)8-18(14)22/h3-8H,9-10H2,1-2H3,(H,24,26). The Kier molecular flexibility index (Phi) is 5.94. The molecule has 0 bridgehead atoms. The zero-order valence-electron chi connectivity index (χ0n) is 15.2. The quantitative estimate of drug-likeness (QED) is 0.601. The van der Waals surface area contributed by atoms with Crippen molar-refractivity contribution in [3.8, 4) is 5.75 Å². The topological polar surface area (TPSA) is 64.4 Å². The average molecular weight is 407 g/mol. The van der Waals surface area contributed by atoms with E-state index in [-0.39, 0.29) is 17.1 Å². The van der Waals surface area contributed by atoms with E-state index in [1.54, 1.807) is 24.3 Å². The second-order valence-electron chi connectivity index (χ2n) is 6.16. The second-order valence-corrected chi connectivity index (χ2v) is 6.56. The zero-order chi connectivity index (χ0) is 20.3. The Morgan fingerprint density at radius 3 is 2.54 bits per heavy atom. The van der Waals surface area contributed by atoms with Crippen LogP contribution in [0.1, 0.15) is 32.9 Å². The molecule has 3 rings (SSSR count). The predicted molar refractivity (Wildman–Crippen MR) is 99.3 cm³/mol. The first kappa shape index (κ1) is 19.8. The van der Waals surface area contributed by atoms with E-state index in [0.29, 0.717) is 23.7 Å². The highest BCUT2D eigenvalue weighted by atomic mass is 35.5. The lowest BCUT2D eigenvalue weighted by molar-refractivity contribution is 0.0950. The summed E-state index contributed by atoms with van der Waals surface area (Å²) in [6.45, 7) is 3.77. The summed E-state index contributed by atoms with van der Waals surface area (Å²) in [5.74, 6) is -0.587. The first-order valence-electron chi connectivity index (χ1n) is 8.41. The molecular formula is C20H17ClF2N2O3. The summed E-state index contributed by atoms with van der Waals surface area (Å²) in [4.78, 5) is 12.2. The van der Waals surface area contributed by atoms with Crippen molar-refractivity contribution < 1.29 is 22.8 Å². The van der Waals surface area contributed by atoms with Gasteiger partial charge in [-0.15, -0.1) is 0 Å². The molecular weight excluding hydrogens is 390 g/mol. The molecule has 0 saturated heterocycles. The number of carbonyl (C=O) groups is 1. The number of rotatable bonds is 6.